The van der Waals surface area contributed by atoms with Crippen molar-refractivity contribution in [1.29, 1.82) is 0 Å². The topological polar surface area (TPSA) is 29.5 Å². The van der Waals surface area contributed by atoms with Crippen molar-refractivity contribution in [2.75, 3.05) is 6.61 Å². The number of aryl methyl sites for hydroxylation is 2. The monoisotopic (exact) mass is 254 g/mol. The Morgan fingerprint density at radius 2 is 2.00 bits per heavy atom. The molecule has 1 aliphatic heterocycles. The molecule has 0 aromatic heterocycles. The van der Waals surface area contributed by atoms with Crippen molar-refractivity contribution in [3.05, 3.63) is 33.8 Å². The van der Waals surface area contributed by atoms with E-state index in [1.165, 1.54) is 0 Å². The van der Waals surface area contributed by atoms with Gasteiger partial charge in [0, 0.05) is 17.2 Å². The van der Waals surface area contributed by atoms with Crippen LogP contribution in [-0.4, -0.2) is 17.8 Å². The Bertz CT molecular complexity index is 417. The number of hydrogen-bond donors (Lipinski definition) is 1. The predicted octanol–water partition coefficient (Wildman–Crippen LogP) is 3.42. The fourth-order valence-corrected chi connectivity index (χ4v) is 2.66. The first-order valence-corrected chi connectivity index (χ1v) is 6.45. The molecular weight excluding hydrogens is 236 g/mol. The molecule has 3 heteroatoms. The third kappa shape index (κ3) is 2.49. The quantitative estimate of drug-likeness (QED) is 0.876. The van der Waals surface area contributed by atoms with E-state index in [4.69, 9.17) is 16.3 Å². The summed E-state index contributed by atoms with van der Waals surface area (Å²) in [4.78, 5) is 0. The number of hydrogen-bond acceptors (Lipinski definition) is 2. The Morgan fingerprint density at radius 3 is 2.59 bits per heavy atom. The smallest absolute Gasteiger partial charge is 0.107 e. The van der Waals surface area contributed by atoms with Gasteiger partial charge in [0.15, 0.2) is 0 Å². The van der Waals surface area contributed by atoms with Gasteiger partial charge in [-0.05, 0) is 43.4 Å². The minimum absolute atomic E-state index is 0.130. The van der Waals surface area contributed by atoms with Crippen LogP contribution in [0, 0.1) is 19.8 Å². The van der Waals surface area contributed by atoms with Crippen LogP contribution in [0.2, 0.25) is 5.02 Å². The molecule has 1 heterocycles. The van der Waals surface area contributed by atoms with Crippen LogP contribution in [0.25, 0.3) is 0 Å². The molecule has 3 unspecified atom stereocenters. The van der Waals surface area contributed by atoms with Crippen LogP contribution in [0.3, 0.4) is 0 Å². The van der Waals surface area contributed by atoms with Crippen molar-refractivity contribution in [3.63, 3.8) is 0 Å². The Hall–Kier alpha value is -0.570. The van der Waals surface area contributed by atoms with Crippen molar-refractivity contribution >= 4 is 11.6 Å². The highest BCUT2D eigenvalue weighted by Crippen LogP contribution is 2.35. The fourth-order valence-electron chi connectivity index (χ4n) is 2.33. The van der Waals surface area contributed by atoms with Gasteiger partial charge in [-0.15, -0.1) is 0 Å². The highest BCUT2D eigenvalue weighted by molar-refractivity contribution is 6.31. The van der Waals surface area contributed by atoms with Gasteiger partial charge in [-0.25, -0.2) is 0 Å². The van der Waals surface area contributed by atoms with Crippen molar-refractivity contribution in [1.82, 2.24) is 0 Å². The molecule has 2 nitrogen and oxygen atoms in total. The van der Waals surface area contributed by atoms with Crippen LogP contribution >= 0.6 is 11.6 Å². The van der Waals surface area contributed by atoms with E-state index in [-0.39, 0.29) is 6.10 Å². The minimum atomic E-state index is -0.626. The Kier molecular flexibility index (Phi) is 3.76. The maximum atomic E-state index is 10.4. The van der Waals surface area contributed by atoms with Gasteiger partial charge in [0.25, 0.3) is 0 Å². The van der Waals surface area contributed by atoms with Crippen molar-refractivity contribution in [2.45, 2.75) is 39.4 Å². The molecule has 0 bridgehead atoms. The largest absolute Gasteiger partial charge is 0.386 e. The second-order valence-corrected chi connectivity index (χ2v) is 5.41. The lowest BCUT2D eigenvalue weighted by molar-refractivity contribution is -0.0177. The average Bonchev–Trinajstić information content (AvgIpc) is 2.69. The van der Waals surface area contributed by atoms with Gasteiger partial charge < -0.3 is 9.84 Å². The molecule has 1 saturated heterocycles. The van der Waals surface area contributed by atoms with Crippen LogP contribution in [0.4, 0.5) is 0 Å². The fraction of sp³-hybridized carbons (Fsp3) is 0.571. The standard InChI is InChI=1S/C14H19ClO2/c1-8-4-5-17-14(8)13(16)11-6-9(2)10(3)7-12(11)15/h6-8,13-14,16H,4-5H2,1-3H3. The highest BCUT2D eigenvalue weighted by atomic mass is 35.5. The zero-order valence-corrected chi connectivity index (χ0v) is 11.3. The van der Waals surface area contributed by atoms with Gasteiger partial charge in [-0.2, -0.15) is 0 Å². The second kappa shape index (κ2) is 4.97. The molecule has 1 aliphatic rings. The second-order valence-electron chi connectivity index (χ2n) is 5.00. The lowest BCUT2D eigenvalue weighted by atomic mass is 9.93. The first kappa shape index (κ1) is 12.9. The average molecular weight is 255 g/mol. The van der Waals surface area contributed by atoms with E-state index < -0.39 is 6.10 Å². The summed E-state index contributed by atoms with van der Waals surface area (Å²) in [6.07, 6.45) is 0.249. The van der Waals surface area contributed by atoms with Gasteiger partial charge in [-0.3, -0.25) is 0 Å². The van der Waals surface area contributed by atoms with E-state index in [0.29, 0.717) is 10.9 Å². The van der Waals surface area contributed by atoms with Crippen LogP contribution in [0.1, 0.15) is 36.1 Å². The first-order chi connectivity index (χ1) is 8.00. The zero-order valence-electron chi connectivity index (χ0n) is 10.5. The van der Waals surface area contributed by atoms with Gasteiger partial charge in [0.05, 0.1) is 6.10 Å². The highest BCUT2D eigenvalue weighted by Gasteiger charge is 2.32. The van der Waals surface area contributed by atoms with Crippen molar-refractivity contribution in [3.8, 4) is 0 Å². The van der Waals surface area contributed by atoms with Crippen molar-refractivity contribution in [2.24, 2.45) is 5.92 Å². The Balaban J connectivity index is 2.30. The molecule has 0 radical (unpaired) electrons. The van der Waals surface area contributed by atoms with E-state index >= 15 is 0 Å². The number of ether oxygens (including phenoxy) is 1. The molecule has 1 fully saturated rings. The summed E-state index contributed by atoms with van der Waals surface area (Å²) in [5, 5.41) is 11.0. The van der Waals surface area contributed by atoms with Crippen molar-refractivity contribution < 1.29 is 9.84 Å². The molecule has 1 N–H and O–H groups in total. The minimum Gasteiger partial charge on any atom is -0.386 e. The van der Waals surface area contributed by atoms with E-state index in [2.05, 4.69) is 6.92 Å². The summed E-state index contributed by atoms with van der Waals surface area (Å²) in [5.41, 5.74) is 3.08. The van der Waals surface area contributed by atoms with Gasteiger partial charge in [-0.1, -0.05) is 24.6 Å². The summed E-state index contributed by atoms with van der Waals surface area (Å²) in [6, 6.07) is 3.88. The van der Waals surface area contributed by atoms with Gasteiger partial charge in [0.2, 0.25) is 0 Å². The first-order valence-electron chi connectivity index (χ1n) is 6.07. The summed E-state index contributed by atoms with van der Waals surface area (Å²) >= 11 is 6.21. The Labute approximate surface area is 108 Å². The van der Waals surface area contributed by atoms with Gasteiger partial charge >= 0.3 is 0 Å². The van der Waals surface area contributed by atoms with E-state index in [9.17, 15) is 5.11 Å². The molecule has 1 aromatic carbocycles. The SMILES string of the molecule is Cc1cc(Cl)c(C(O)C2OCCC2C)cc1C. The third-order valence-corrected chi connectivity index (χ3v) is 4.01. The molecular formula is C14H19ClO2. The zero-order chi connectivity index (χ0) is 12.6. The lowest BCUT2D eigenvalue weighted by Crippen LogP contribution is -2.23. The summed E-state index contributed by atoms with van der Waals surface area (Å²) in [7, 11) is 0. The number of benzene rings is 1. The normalized spacial score (nSPS) is 26.2. The number of aliphatic hydroxyl groups excluding tert-OH is 1. The van der Waals surface area contributed by atoms with Crippen LogP contribution in [0.5, 0.6) is 0 Å². The predicted molar refractivity (Wildman–Crippen MR) is 69.4 cm³/mol. The molecule has 0 saturated carbocycles. The lowest BCUT2D eigenvalue weighted by Gasteiger charge is -2.23. The molecule has 3 atom stereocenters. The van der Waals surface area contributed by atoms with E-state index in [0.717, 1.165) is 29.7 Å². The maximum absolute atomic E-state index is 10.4. The number of halogens is 1. The third-order valence-electron chi connectivity index (χ3n) is 3.69. The molecule has 0 aliphatic carbocycles. The molecule has 1 aromatic rings. The summed E-state index contributed by atoms with van der Waals surface area (Å²) < 4.78 is 5.60. The van der Waals surface area contributed by atoms with Crippen LogP contribution in [0.15, 0.2) is 12.1 Å². The molecule has 0 amide bonds. The Morgan fingerprint density at radius 1 is 1.35 bits per heavy atom. The van der Waals surface area contributed by atoms with Gasteiger partial charge in [0.1, 0.15) is 6.10 Å². The van der Waals surface area contributed by atoms with E-state index in [1.807, 2.05) is 26.0 Å². The maximum Gasteiger partial charge on any atom is 0.107 e. The van der Waals surface area contributed by atoms with Crippen LogP contribution < -0.4 is 0 Å². The number of aliphatic hydroxyl groups is 1. The molecule has 17 heavy (non-hydrogen) atoms. The number of rotatable bonds is 2. The molecule has 94 valence electrons. The van der Waals surface area contributed by atoms with Crippen LogP contribution in [-0.2, 0) is 4.74 Å². The summed E-state index contributed by atoms with van der Waals surface area (Å²) in [6.45, 7) is 6.88. The molecule has 0 spiro atoms. The molecule has 2 rings (SSSR count). The van der Waals surface area contributed by atoms with E-state index in [1.54, 1.807) is 0 Å². The summed E-state index contributed by atoms with van der Waals surface area (Å²) in [5.74, 6) is 0.377.